The monoisotopic (exact) mass is 219 g/mol. The molecule has 2 rings (SSSR count). The number of aliphatic carboxylic acids is 1. The second-order valence-electron chi connectivity index (χ2n) is 3.72. The van der Waals surface area contributed by atoms with Crippen molar-refractivity contribution in [3.63, 3.8) is 0 Å². The maximum Gasteiger partial charge on any atom is 0.305 e. The normalized spacial score (nSPS) is 12.9. The van der Waals surface area contributed by atoms with Crippen LogP contribution in [-0.2, 0) is 11.8 Å². The van der Waals surface area contributed by atoms with Gasteiger partial charge < -0.3 is 15.4 Å². The van der Waals surface area contributed by atoms with Crippen LogP contribution in [0, 0.1) is 0 Å². The molecule has 0 radical (unpaired) electrons. The van der Waals surface area contributed by atoms with Gasteiger partial charge in [-0.3, -0.25) is 4.79 Å². The van der Waals surface area contributed by atoms with Crippen LogP contribution >= 0.6 is 0 Å². The Morgan fingerprint density at radius 1 is 1.56 bits per heavy atom. The number of rotatable bonds is 3. The van der Waals surface area contributed by atoms with Crippen molar-refractivity contribution in [2.24, 2.45) is 12.8 Å². The predicted molar refractivity (Wildman–Crippen MR) is 59.9 cm³/mol. The molecule has 84 valence electrons. The predicted octanol–water partition coefficient (Wildman–Crippen LogP) is 1.05. The van der Waals surface area contributed by atoms with Gasteiger partial charge in [-0.05, 0) is 12.1 Å². The molecule has 0 amide bonds. The van der Waals surface area contributed by atoms with Crippen molar-refractivity contribution in [1.29, 1.82) is 0 Å². The molecule has 0 bridgehead atoms. The number of carbonyl (C=O) groups is 1. The lowest BCUT2D eigenvalue weighted by Gasteiger charge is -2.08. The molecule has 0 aliphatic carbocycles. The van der Waals surface area contributed by atoms with E-state index in [4.69, 9.17) is 10.8 Å². The van der Waals surface area contributed by atoms with E-state index in [1.807, 2.05) is 35.9 Å². The molecule has 1 unspecified atom stereocenters. The van der Waals surface area contributed by atoms with Gasteiger partial charge >= 0.3 is 5.97 Å². The van der Waals surface area contributed by atoms with Crippen molar-refractivity contribution in [2.45, 2.75) is 12.5 Å². The Labute approximate surface area is 92.5 Å². The van der Waals surface area contributed by atoms with E-state index in [2.05, 4.69) is 4.98 Å². The highest BCUT2D eigenvalue weighted by atomic mass is 16.4. The molecule has 0 saturated carbocycles. The van der Waals surface area contributed by atoms with E-state index in [0.717, 1.165) is 11.0 Å². The van der Waals surface area contributed by atoms with Crippen molar-refractivity contribution < 1.29 is 9.90 Å². The maximum atomic E-state index is 10.6. The second kappa shape index (κ2) is 3.94. The van der Waals surface area contributed by atoms with Crippen molar-refractivity contribution in [2.75, 3.05) is 0 Å². The molecular weight excluding hydrogens is 206 g/mol. The first-order valence-electron chi connectivity index (χ1n) is 4.98. The van der Waals surface area contributed by atoms with Crippen LogP contribution in [0.1, 0.15) is 18.3 Å². The number of aromatic nitrogens is 2. The number of hydrogen-bond donors (Lipinski definition) is 2. The van der Waals surface area contributed by atoms with Crippen LogP contribution in [0.25, 0.3) is 11.0 Å². The molecule has 0 saturated heterocycles. The number of carboxylic acid groups (broad SMARTS) is 1. The molecule has 1 aromatic heterocycles. The molecule has 2 aromatic rings. The lowest BCUT2D eigenvalue weighted by atomic mass is 10.2. The Balaban J connectivity index is 2.45. The Kier molecular flexibility index (Phi) is 2.62. The van der Waals surface area contributed by atoms with Gasteiger partial charge in [0.25, 0.3) is 0 Å². The first-order chi connectivity index (χ1) is 7.59. The summed E-state index contributed by atoms with van der Waals surface area (Å²) in [4.78, 5) is 14.9. The van der Waals surface area contributed by atoms with E-state index in [0.29, 0.717) is 5.82 Å². The SMILES string of the molecule is Cn1c(C(N)CC(=O)O)nc2ccccc21. The van der Waals surface area contributed by atoms with Gasteiger partial charge in [-0.15, -0.1) is 0 Å². The van der Waals surface area contributed by atoms with Crippen LogP contribution in [0.5, 0.6) is 0 Å². The third-order valence-electron chi connectivity index (χ3n) is 2.55. The molecule has 0 spiro atoms. The molecule has 0 aliphatic heterocycles. The van der Waals surface area contributed by atoms with Crippen LogP contribution in [0.4, 0.5) is 0 Å². The lowest BCUT2D eigenvalue weighted by molar-refractivity contribution is -0.137. The number of nitrogens with two attached hydrogens (primary N) is 1. The molecule has 1 aromatic carbocycles. The topological polar surface area (TPSA) is 81.1 Å². The number of benzene rings is 1. The van der Waals surface area contributed by atoms with Gasteiger partial charge in [0.2, 0.25) is 0 Å². The van der Waals surface area contributed by atoms with Crippen LogP contribution in [0.3, 0.4) is 0 Å². The van der Waals surface area contributed by atoms with Gasteiger partial charge in [0.1, 0.15) is 5.82 Å². The fraction of sp³-hybridized carbons (Fsp3) is 0.273. The summed E-state index contributed by atoms with van der Waals surface area (Å²) in [6.45, 7) is 0. The van der Waals surface area contributed by atoms with Crippen LogP contribution < -0.4 is 5.73 Å². The number of para-hydroxylation sites is 2. The molecule has 0 aliphatic rings. The largest absolute Gasteiger partial charge is 0.481 e. The van der Waals surface area contributed by atoms with Crippen LogP contribution in [-0.4, -0.2) is 20.6 Å². The number of carboxylic acids is 1. The van der Waals surface area contributed by atoms with Gasteiger partial charge in [0, 0.05) is 7.05 Å². The lowest BCUT2D eigenvalue weighted by Crippen LogP contribution is -2.18. The summed E-state index contributed by atoms with van der Waals surface area (Å²) in [6, 6.07) is 7.04. The highest BCUT2D eigenvalue weighted by molar-refractivity contribution is 5.76. The van der Waals surface area contributed by atoms with Gasteiger partial charge in [0.15, 0.2) is 0 Å². The van der Waals surface area contributed by atoms with Crippen molar-refractivity contribution >= 4 is 17.0 Å². The highest BCUT2D eigenvalue weighted by Gasteiger charge is 2.17. The minimum absolute atomic E-state index is 0.114. The summed E-state index contributed by atoms with van der Waals surface area (Å²) in [5.74, 6) is -0.317. The van der Waals surface area contributed by atoms with E-state index in [9.17, 15) is 4.79 Å². The molecular formula is C11H13N3O2. The Morgan fingerprint density at radius 2 is 2.25 bits per heavy atom. The summed E-state index contributed by atoms with van der Waals surface area (Å²) in [5.41, 5.74) is 7.59. The molecule has 1 heterocycles. The molecule has 0 fully saturated rings. The zero-order valence-electron chi connectivity index (χ0n) is 8.92. The Morgan fingerprint density at radius 3 is 2.88 bits per heavy atom. The average molecular weight is 219 g/mol. The van der Waals surface area contributed by atoms with Crippen molar-refractivity contribution in [3.8, 4) is 0 Å². The Hall–Kier alpha value is -1.88. The van der Waals surface area contributed by atoms with Gasteiger partial charge in [-0.1, -0.05) is 12.1 Å². The summed E-state index contributed by atoms with van der Waals surface area (Å²) in [6.07, 6.45) is -0.114. The fourth-order valence-corrected chi connectivity index (χ4v) is 1.78. The van der Waals surface area contributed by atoms with Gasteiger partial charge in [-0.25, -0.2) is 4.98 Å². The molecule has 5 heteroatoms. The number of hydrogen-bond acceptors (Lipinski definition) is 3. The summed E-state index contributed by atoms with van der Waals surface area (Å²) >= 11 is 0. The fourth-order valence-electron chi connectivity index (χ4n) is 1.78. The van der Waals surface area contributed by atoms with E-state index < -0.39 is 12.0 Å². The van der Waals surface area contributed by atoms with Crippen molar-refractivity contribution in [1.82, 2.24) is 9.55 Å². The van der Waals surface area contributed by atoms with Gasteiger partial charge in [0.05, 0.1) is 23.5 Å². The summed E-state index contributed by atoms with van der Waals surface area (Å²) < 4.78 is 1.84. The van der Waals surface area contributed by atoms with E-state index in [1.54, 1.807) is 0 Å². The maximum absolute atomic E-state index is 10.6. The summed E-state index contributed by atoms with van der Waals surface area (Å²) in [5, 5.41) is 8.69. The summed E-state index contributed by atoms with van der Waals surface area (Å²) in [7, 11) is 1.84. The second-order valence-corrected chi connectivity index (χ2v) is 3.72. The molecule has 16 heavy (non-hydrogen) atoms. The highest BCUT2D eigenvalue weighted by Crippen LogP contribution is 2.19. The molecule has 3 N–H and O–H groups in total. The van der Waals surface area contributed by atoms with Crippen LogP contribution in [0.2, 0.25) is 0 Å². The van der Waals surface area contributed by atoms with Crippen molar-refractivity contribution in [3.05, 3.63) is 30.1 Å². The number of fused-ring (bicyclic) bond motifs is 1. The van der Waals surface area contributed by atoms with E-state index in [1.165, 1.54) is 0 Å². The first kappa shape index (κ1) is 10.6. The van der Waals surface area contributed by atoms with Gasteiger partial charge in [-0.2, -0.15) is 0 Å². The smallest absolute Gasteiger partial charge is 0.305 e. The van der Waals surface area contributed by atoms with Crippen LogP contribution in [0.15, 0.2) is 24.3 Å². The number of imidazole rings is 1. The zero-order chi connectivity index (χ0) is 11.7. The standard InChI is InChI=1S/C11H13N3O2/c1-14-9-5-3-2-4-8(9)13-11(14)7(12)6-10(15)16/h2-5,7H,6,12H2,1H3,(H,15,16). The minimum Gasteiger partial charge on any atom is -0.481 e. The minimum atomic E-state index is -0.917. The third-order valence-corrected chi connectivity index (χ3v) is 2.55. The Bertz CT molecular complexity index is 533. The molecule has 1 atom stereocenters. The first-order valence-corrected chi connectivity index (χ1v) is 4.98. The third kappa shape index (κ3) is 1.77. The average Bonchev–Trinajstić information content (AvgIpc) is 2.56. The number of aryl methyl sites for hydroxylation is 1. The quantitative estimate of drug-likeness (QED) is 0.808. The van der Waals surface area contributed by atoms with E-state index >= 15 is 0 Å². The van der Waals surface area contributed by atoms with E-state index in [-0.39, 0.29) is 6.42 Å². The molecule has 5 nitrogen and oxygen atoms in total. The zero-order valence-corrected chi connectivity index (χ0v) is 8.92. The number of nitrogens with zero attached hydrogens (tertiary/aromatic N) is 2.